The number of ether oxygens (including phenoxy) is 3. The van der Waals surface area contributed by atoms with Gasteiger partial charge in [0.25, 0.3) is 0 Å². The SMILES string of the molecule is CCCCOC(=O)Nc1ccc(OCC(=O)OCC)c(NS(C)(=O)=O)c1. The quantitative estimate of drug-likeness (QED) is 0.466. The van der Waals surface area contributed by atoms with Crippen molar-refractivity contribution < 1.29 is 32.2 Å². The molecule has 0 saturated heterocycles. The molecule has 0 bridgehead atoms. The second kappa shape index (κ2) is 10.5. The molecule has 0 heterocycles. The standard InChI is InChI=1S/C16H24N2O7S/c1-4-6-9-24-16(20)17-12-7-8-14(25-11-15(19)23-5-2)13(10-12)18-26(3,21)22/h7-8,10,18H,4-6,9,11H2,1-3H3,(H,17,20). The zero-order chi connectivity index (χ0) is 19.6. The first-order valence-electron chi connectivity index (χ1n) is 8.09. The van der Waals surface area contributed by atoms with Gasteiger partial charge in [0.15, 0.2) is 6.61 Å². The van der Waals surface area contributed by atoms with E-state index in [2.05, 4.69) is 10.0 Å². The van der Waals surface area contributed by atoms with Crippen molar-refractivity contribution in [3.05, 3.63) is 18.2 Å². The number of carbonyl (C=O) groups is 2. The summed E-state index contributed by atoms with van der Waals surface area (Å²) in [5, 5.41) is 2.50. The number of rotatable bonds is 10. The molecule has 0 aromatic heterocycles. The molecule has 0 radical (unpaired) electrons. The molecule has 1 rings (SSSR count). The molecular formula is C16H24N2O7S. The molecule has 0 aliphatic carbocycles. The van der Waals surface area contributed by atoms with Crippen molar-refractivity contribution in [1.82, 2.24) is 0 Å². The molecule has 0 unspecified atom stereocenters. The van der Waals surface area contributed by atoms with Crippen LogP contribution in [0.15, 0.2) is 18.2 Å². The summed E-state index contributed by atoms with van der Waals surface area (Å²) in [4.78, 5) is 23.1. The normalized spacial score (nSPS) is 10.7. The molecule has 2 N–H and O–H groups in total. The van der Waals surface area contributed by atoms with Gasteiger partial charge in [-0.1, -0.05) is 13.3 Å². The van der Waals surface area contributed by atoms with Crippen molar-refractivity contribution >= 4 is 33.5 Å². The van der Waals surface area contributed by atoms with E-state index in [1.54, 1.807) is 6.92 Å². The van der Waals surface area contributed by atoms with Gasteiger partial charge in [-0.15, -0.1) is 0 Å². The molecular weight excluding hydrogens is 364 g/mol. The molecule has 0 saturated carbocycles. The minimum absolute atomic E-state index is 0.0724. The molecule has 0 aliphatic heterocycles. The summed E-state index contributed by atoms with van der Waals surface area (Å²) in [5.74, 6) is -0.465. The van der Waals surface area contributed by atoms with E-state index >= 15 is 0 Å². The Bertz CT molecular complexity index is 719. The van der Waals surface area contributed by atoms with Gasteiger partial charge >= 0.3 is 12.1 Å². The lowest BCUT2D eigenvalue weighted by atomic mass is 10.2. The lowest BCUT2D eigenvalue weighted by Crippen LogP contribution is -2.17. The Morgan fingerprint density at radius 1 is 1.15 bits per heavy atom. The summed E-state index contributed by atoms with van der Waals surface area (Å²) >= 11 is 0. The number of anilines is 2. The van der Waals surface area contributed by atoms with E-state index in [4.69, 9.17) is 14.2 Å². The highest BCUT2D eigenvalue weighted by Crippen LogP contribution is 2.29. The number of hydrogen-bond acceptors (Lipinski definition) is 7. The van der Waals surface area contributed by atoms with Crippen LogP contribution in [0, 0.1) is 0 Å². The molecule has 9 nitrogen and oxygen atoms in total. The highest BCUT2D eigenvalue weighted by Gasteiger charge is 2.13. The van der Waals surface area contributed by atoms with Crippen LogP contribution in [0.4, 0.5) is 16.2 Å². The lowest BCUT2D eigenvalue weighted by molar-refractivity contribution is -0.145. The highest BCUT2D eigenvalue weighted by molar-refractivity contribution is 7.92. The zero-order valence-corrected chi connectivity index (χ0v) is 15.9. The highest BCUT2D eigenvalue weighted by atomic mass is 32.2. The average Bonchev–Trinajstić information content (AvgIpc) is 2.53. The molecule has 10 heteroatoms. The largest absolute Gasteiger partial charge is 0.480 e. The van der Waals surface area contributed by atoms with Crippen LogP contribution in [0.5, 0.6) is 5.75 Å². The number of unbranched alkanes of at least 4 members (excludes halogenated alkanes) is 1. The van der Waals surface area contributed by atoms with Gasteiger partial charge in [0.2, 0.25) is 10.0 Å². The van der Waals surface area contributed by atoms with Gasteiger partial charge in [-0.3, -0.25) is 10.0 Å². The van der Waals surface area contributed by atoms with E-state index in [1.165, 1.54) is 18.2 Å². The maximum absolute atomic E-state index is 11.7. The van der Waals surface area contributed by atoms with E-state index in [0.717, 1.165) is 19.1 Å². The third-order valence-corrected chi connectivity index (χ3v) is 3.49. The van der Waals surface area contributed by atoms with Gasteiger partial charge in [-0.05, 0) is 31.5 Å². The van der Waals surface area contributed by atoms with Gasteiger partial charge < -0.3 is 14.2 Å². The fourth-order valence-corrected chi connectivity index (χ4v) is 2.37. The Hall–Kier alpha value is -2.49. The predicted molar refractivity (Wildman–Crippen MR) is 96.9 cm³/mol. The first-order chi connectivity index (χ1) is 12.2. The Morgan fingerprint density at radius 3 is 2.50 bits per heavy atom. The second-order valence-corrected chi connectivity index (χ2v) is 7.04. The lowest BCUT2D eigenvalue weighted by Gasteiger charge is -2.14. The van der Waals surface area contributed by atoms with E-state index in [9.17, 15) is 18.0 Å². The Morgan fingerprint density at radius 2 is 1.88 bits per heavy atom. The molecule has 1 aromatic carbocycles. The van der Waals surface area contributed by atoms with Crippen molar-refractivity contribution in [2.45, 2.75) is 26.7 Å². The minimum atomic E-state index is -3.60. The molecule has 0 aliphatic rings. The molecule has 1 aromatic rings. The van der Waals surface area contributed by atoms with Gasteiger partial charge in [-0.25, -0.2) is 18.0 Å². The average molecular weight is 388 g/mol. The number of hydrogen-bond donors (Lipinski definition) is 2. The number of sulfonamides is 1. The monoisotopic (exact) mass is 388 g/mol. The number of esters is 1. The Labute approximate surface area is 153 Å². The zero-order valence-electron chi connectivity index (χ0n) is 15.0. The number of carbonyl (C=O) groups excluding carboxylic acids is 2. The predicted octanol–water partition coefficient (Wildman–Crippen LogP) is 2.35. The molecule has 0 atom stereocenters. The summed E-state index contributed by atoms with van der Waals surface area (Å²) in [5.41, 5.74) is 0.379. The maximum Gasteiger partial charge on any atom is 0.411 e. The van der Waals surface area contributed by atoms with Crippen LogP contribution in [0.25, 0.3) is 0 Å². The van der Waals surface area contributed by atoms with E-state index < -0.39 is 22.1 Å². The van der Waals surface area contributed by atoms with Gasteiger partial charge in [0.05, 0.1) is 25.2 Å². The first kappa shape index (κ1) is 21.6. The fourth-order valence-electron chi connectivity index (χ4n) is 1.82. The van der Waals surface area contributed by atoms with Gasteiger partial charge in [0, 0.05) is 5.69 Å². The molecule has 26 heavy (non-hydrogen) atoms. The van der Waals surface area contributed by atoms with Crippen molar-refractivity contribution in [3.63, 3.8) is 0 Å². The third kappa shape index (κ3) is 8.56. The molecule has 146 valence electrons. The van der Waals surface area contributed by atoms with E-state index in [0.29, 0.717) is 5.69 Å². The fraction of sp³-hybridized carbons (Fsp3) is 0.500. The van der Waals surface area contributed by atoms with Gasteiger partial charge in [-0.2, -0.15) is 0 Å². The minimum Gasteiger partial charge on any atom is -0.480 e. The first-order valence-corrected chi connectivity index (χ1v) is 9.98. The summed E-state index contributed by atoms with van der Waals surface area (Å²) in [7, 11) is -3.60. The number of nitrogens with one attached hydrogen (secondary N) is 2. The van der Waals surface area contributed by atoms with Gasteiger partial charge in [0.1, 0.15) is 5.75 Å². The summed E-state index contributed by atoms with van der Waals surface area (Å²) in [6, 6.07) is 4.28. The van der Waals surface area contributed by atoms with Crippen LogP contribution in [0.3, 0.4) is 0 Å². The Kier molecular flexibility index (Phi) is 8.70. The van der Waals surface area contributed by atoms with Crippen molar-refractivity contribution in [1.29, 1.82) is 0 Å². The molecule has 1 amide bonds. The Balaban J connectivity index is 2.87. The summed E-state index contributed by atoms with van der Waals surface area (Å²) in [6.07, 6.45) is 1.96. The van der Waals surface area contributed by atoms with Crippen molar-refractivity contribution in [2.75, 3.05) is 36.1 Å². The molecule has 0 fully saturated rings. The second-order valence-electron chi connectivity index (χ2n) is 5.29. The van der Waals surface area contributed by atoms with Crippen LogP contribution in [0.2, 0.25) is 0 Å². The van der Waals surface area contributed by atoms with Crippen LogP contribution in [0.1, 0.15) is 26.7 Å². The summed E-state index contributed by atoms with van der Waals surface area (Å²) < 4.78 is 40.4. The van der Waals surface area contributed by atoms with Crippen molar-refractivity contribution in [2.24, 2.45) is 0 Å². The smallest absolute Gasteiger partial charge is 0.411 e. The van der Waals surface area contributed by atoms with Crippen LogP contribution in [-0.4, -0.2) is 46.6 Å². The van der Waals surface area contributed by atoms with E-state index in [1.807, 2.05) is 6.92 Å². The molecule has 0 spiro atoms. The van der Waals surface area contributed by atoms with E-state index in [-0.39, 0.29) is 31.3 Å². The maximum atomic E-state index is 11.7. The van der Waals surface area contributed by atoms with Crippen LogP contribution < -0.4 is 14.8 Å². The topological polar surface area (TPSA) is 120 Å². The number of benzene rings is 1. The number of amides is 1. The van der Waals surface area contributed by atoms with Crippen molar-refractivity contribution in [3.8, 4) is 5.75 Å². The third-order valence-electron chi connectivity index (χ3n) is 2.90. The summed E-state index contributed by atoms with van der Waals surface area (Å²) in [6.45, 7) is 3.75. The van der Waals surface area contributed by atoms with Crippen LogP contribution in [-0.2, 0) is 24.3 Å². The van der Waals surface area contributed by atoms with Crippen LogP contribution >= 0.6 is 0 Å².